The van der Waals surface area contributed by atoms with Crippen LogP contribution in [0.1, 0.15) is 31.9 Å². The zero-order valence-electron chi connectivity index (χ0n) is 21.1. The Morgan fingerprint density at radius 2 is 1.73 bits per heavy atom. The molecule has 0 aliphatic rings. The summed E-state index contributed by atoms with van der Waals surface area (Å²) in [6.07, 6.45) is 0.788. The van der Waals surface area contributed by atoms with Crippen molar-refractivity contribution in [2.24, 2.45) is 5.92 Å². The van der Waals surface area contributed by atoms with Crippen molar-refractivity contribution in [3.05, 3.63) is 84.2 Å². The van der Waals surface area contributed by atoms with E-state index in [4.69, 9.17) is 4.74 Å². The van der Waals surface area contributed by atoms with Crippen LogP contribution in [0.2, 0.25) is 0 Å². The molecule has 0 saturated carbocycles. The number of rotatable bonds is 10. The molecule has 1 heterocycles. The molecule has 0 aliphatic heterocycles. The highest BCUT2D eigenvalue weighted by Crippen LogP contribution is 2.30. The van der Waals surface area contributed by atoms with Gasteiger partial charge in [0.15, 0.2) is 0 Å². The molecule has 0 radical (unpaired) electrons. The average Bonchev–Trinajstić information content (AvgIpc) is 3.30. The van der Waals surface area contributed by atoms with Crippen LogP contribution in [0.15, 0.2) is 72.8 Å². The summed E-state index contributed by atoms with van der Waals surface area (Å²) >= 11 is 0. The Balaban J connectivity index is 1.76. The maximum absolute atomic E-state index is 13.9. The molecule has 0 aliphatic carbocycles. The van der Waals surface area contributed by atoms with E-state index < -0.39 is 17.8 Å². The number of hydrogen-bond acceptors (Lipinski definition) is 5. The minimum Gasteiger partial charge on any atom is -0.497 e. The summed E-state index contributed by atoms with van der Waals surface area (Å²) in [7, 11) is 1.56. The lowest BCUT2D eigenvalue weighted by Gasteiger charge is -2.31. The number of hydrogen-bond donors (Lipinski definition) is 1. The second kappa shape index (κ2) is 11.6. The number of ether oxygens (including phenoxy) is 1. The molecule has 0 spiro atoms. The van der Waals surface area contributed by atoms with Crippen molar-refractivity contribution in [1.29, 1.82) is 0 Å². The van der Waals surface area contributed by atoms with Crippen LogP contribution in [0.5, 0.6) is 5.75 Å². The SMILES string of the molecule is COc1ccc([C@H](C(=O)NCCC(C)C)N(C(=O)Cn2nnc3ccccc32)c2ccc(F)cc2)cc1. The van der Waals surface area contributed by atoms with E-state index in [0.717, 1.165) is 6.42 Å². The minimum atomic E-state index is -1.01. The van der Waals surface area contributed by atoms with Gasteiger partial charge < -0.3 is 10.1 Å². The van der Waals surface area contributed by atoms with E-state index in [2.05, 4.69) is 29.5 Å². The van der Waals surface area contributed by atoms with Crippen LogP contribution >= 0.6 is 0 Å². The highest BCUT2D eigenvalue weighted by atomic mass is 19.1. The molecule has 0 fully saturated rings. The summed E-state index contributed by atoms with van der Waals surface area (Å²) in [5.41, 5.74) is 2.32. The third-order valence-corrected chi connectivity index (χ3v) is 6.04. The van der Waals surface area contributed by atoms with Crippen molar-refractivity contribution < 1.29 is 18.7 Å². The normalized spacial score (nSPS) is 11.9. The van der Waals surface area contributed by atoms with Crippen LogP contribution in [-0.4, -0.2) is 40.5 Å². The van der Waals surface area contributed by atoms with Crippen LogP contribution in [0.25, 0.3) is 11.0 Å². The molecule has 37 heavy (non-hydrogen) atoms. The summed E-state index contributed by atoms with van der Waals surface area (Å²) in [4.78, 5) is 28.9. The van der Waals surface area contributed by atoms with Crippen LogP contribution in [0, 0.1) is 11.7 Å². The Morgan fingerprint density at radius 3 is 2.41 bits per heavy atom. The molecule has 3 aromatic carbocycles. The van der Waals surface area contributed by atoms with Gasteiger partial charge in [0.05, 0.1) is 12.6 Å². The number of halogens is 1. The fourth-order valence-electron chi connectivity index (χ4n) is 4.06. The number of carbonyl (C=O) groups is 2. The van der Waals surface area contributed by atoms with Crippen LogP contribution in [0.3, 0.4) is 0 Å². The number of fused-ring (bicyclic) bond motifs is 1. The maximum Gasteiger partial charge on any atom is 0.249 e. The molecular formula is C28H30FN5O3. The lowest BCUT2D eigenvalue weighted by atomic mass is 10.0. The number of benzene rings is 3. The lowest BCUT2D eigenvalue weighted by Crippen LogP contribution is -2.45. The number of para-hydroxylation sites is 1. The first-order chi connectivity index (χ1) is 17.9. The van der Waals surface area contributed by atoms with Gasteiger partial charge in [-0.3, -0.25) is 14.5 Å². The van der Waals surface area contributed by atoms with Gasteiger partial charge in [-0.05, 0) is 66.4 Å². The van der Waals surface area contributed by atoms with Gasteiger partial charge >= 0.3 is 0 Å². The third kappa shape index (κ3) is 6.11. The molecule has 4 rings (SSSR count). The summed E-state index contributed by atoms with van der Waals surface area (Å²) in [6, 6.07) is 18.8. The van der Waals surface area contributed by atoms with E-state index in [1.54, 1.807) is 31.4 Å². The highest BCUT2D eigenvalue weighted by molar-refractivity contribution is 6.01. The monoisotopic (exact) mass is 503 g/mol. The van der Waals surface area contributed by atoms with Crippen LogP contribution in [-0.2, 0) is 16.1 Å². The molecule has 0 bridgehead atoms. The molecule has 4 aromatic rings. The zero-order valence-corrected chi connectivity index (χ0v) is 21.1. The summed E-state index contributed by atoms with van der Waals surface area (Å²) in [6.45, 7) is 4.44. The van der Waals surface area contributed by atoms with Gasteiger partial charge in [-0.1, -0.05) is 43.3 Å². The molecule has 9 heteroatoms. The highest BCUT2D eigenvalue weighted by Gasteiger charge is 2.33. The standard InChI is InChI=1S/C28H30FN5O3/c1-19(2)16-17-30-28(36)27(20-8-14-23(37-3)15-9-20)34(22-12-10-21(29)11-13-22)26(35)18-33-25-7-5-4-6-24(25)31-32-33/h4-15,19,27H,16-18H2,1-3H3,(H,30,36)/t27-/m1/s1. The molecule has 192 valence electrons. The Hall–Kier alpha value is -4.27. The van der Waals surface area contributed by atoms with Crippen molar-refractivity contribution in [2.45, 2.75) is 32.9 Å². The van der Waals surface area contributed by atoms with Crippen molar-refractivity contribution in [3.8, 4) is 5.75 Å². The Kier molecular flexibility index (Phi) is 8.12. The summed E-state index contributed by atoms with van der Waals surface area (Å²) < 4.78 is 20.6. The number of methoxy groups -OCH3 is 1. The van der Waals surface area contributed by atoms with Gasteiger partial charge in [-0.15, -0.1) is 5.10 Å². The van der Waals surface area contributed by atoms with E-state index in [9.17, 15) is 14.0 Å². The predicted molar refractivity (Wildman–Crippen MR) is 140 cm³/mol. The fraction of sp³-hybridized carbons (Fsp3) is 0.286. The molecule has 0 saturated heterocycles. The molecule has 0 unspecified atom stereocenters. The summed E-state index contributed by atoms with van der Waals surface area (Å²) in [5.74, 6) is -0.165. The van der Waals surface area contributed by atoms with Gasteiger partial charge in [0.25, 0.3) is 0 Å². The molecule has 2 amide bonds. The lowest BCUT2D eigenvalue weighted by molar-refractivity contribution is -0.127. The van der Waals surface area contributed by atoms with Gasteiger partial charge in [0, 0.05) is 12.2 Å². The van der Waals surface area contributed by atoms with Gasteiger partial charge in [-0.25, -0.2) is 9.07 Å². The quantitative estimate of drug-likeness (QED) is 0.344. The van der Waals surface area contributed by atoms with E-state index in [1.807, 2.05) is 24.3 Å². The first kappa shape index (κ1) is 25.8. The van der Waals surface area contributed by atoms with Crippen molar-refractivity contribution in [2.75, 3.05) is 18.6 Å². The third-order valence-electron chi connectivity index (χ3n) is 6.04. The fourth-order valence-corrected chi connectivity index (χ4v) is 4.06. The van der Waals surface area contributed by atoms with E-state index in [0.29, 0.717) is 40.5 Å². The van der Waals surface area contributed by atoms with Crippen LogP contribution < -0.4 is 15.0 Å². The van der Waals surface area contributed by atoms with Gasteiger partial charge in [0.2, 0.25) is 11.8 Å². The Labute approximate surface area is 215 Å². The molecular weight excluding hydrogens is 473 g/mol. The van der Waals surface area contributed by atoms with Gasteiger partial charge in [0.1, 0.15) is 29.7 Å². The largest absolute Gasteiger partial charge is 0.497 e. The first-order valence-electron chi connectivity index (χ1n) is 12.1. The van der Waals surface area contributed by atoms with Crippen LogP contribution in [0.4, 0.5) is 10.1 Å². The predicted octanol–water partition coefficient (Wildman–Crippen LogP) is 4.52. The molecule has 8 nitrogen and oxygen atoms in total. The maximum atomic E-state index is 13.9. The second-order valence-electron chi connectivity index (χ2n) is 9.13. The topological polar surface area (TPSA) is 89.4 Å². The van der Waals surface area contributed by atoms with Crippen molar-refractivity contribution >= 4 is 28.5 Å². The number of nitrogens with zero attached hydrogens (tertiary/aromatic N) is 4. The number of aromatic nitrogens is 3. The van der Waals surface area contributed by atoms with Crippen molar-refractivity contribution in [1.82, 2.24) is 20.3 Å². The minimum absolute atomic E-state index is 0.163. The average molecular weight is 504 g/mol. The van der Waals surface area contributed by atoms with Crippen molar-refractivity contribution in [3.63, 3.8) is 0 Å². The number of amides is 2. The summed E-state index contributed by atoms with van der Waals surface area (Å²) in [5, 5.41) is 11.2. The van der Waals surface area contributed by atoms with E-state index >= 15 is 0 Å². The molecule has 1 atom stereocenters. The molecule has 1 N–H and O–H groups in total. The Bertz CT molecular complexity index is 1350. The van der Waals surface area contributed by atoms with E-state index in [-0.39, 0.29) is 12.5 Å². The first-order valence-corrected chi connectivity index (χ1v) is 12.1. The number of nitrogens with one attached hydrogen (secondary N) is 1. The Morgan fingerprint density at radius 1 is 1.03 bits per heavy atom. The van der Waals surface area contributed by atoms with E-state index in [1.165, 1.54) is 33.8 Å². The molecule has 1 aromatic heterocycles. The smallest absolute Gasteiger partial charge is 0.249 e. The number of carbonyl (C=O) groups excluding carboxylic acids is 2. The second-order valence-corrected chi connectivity index (χ2v) is 9.13. The zero-order chi connectivity index (χ0) is 26.4. The van der Waals surface area contributed by atoms with Gasteiger partial charge in [-0.2, -0.15) is 0 Å². The number of anilines is 1.